The van der Waals surface area contributed by atoms with Gasteiger partial charge in [0.2, 0.25) is 15.9 Å². The van der Waals surface area contributed by atoms with Gasteiger partial charge in [0, 0.05) is 13.0 Å². The molecule has 20 heavy (non-hydrogen) atoms. The Labute approximate surface area is 119 Å². The largest absolute Gasteiger partial charge is 0.352 e. The summed E-state index contributed by atoms with van der Waals surface area (Å²) in [7, 11) is -3.67. The van der Waals surface area contributed by atoms with Crippen LogP contribution in [-0.4, -0.2) is 20.9 Å². The minimum Gasteiger partial charge on any atom is -0.352 e. The molecule has 0 radical (unpaired) electrons. The first kappa shape index (κ1) is 16.6. The van der Waals surface area contributed by atoms with E-state index in [2.05, 4.69) is 5.32 Å². The highest BCUT2D eigenvalue weighted by Gasteiger charge is 2.10. The molecule has 1 unspecified atom stereocenters. The maximum atomic E-state index is 11.7. The highest BCUT2D eigenvalue weighted by atomic mass is 32.2. The van der Waals surface area contributed by atoms with Crippen molar-refractivity contribution in [2.75, 3.05) is 6.54 Å². The van der Waals surface area contributed by atoms with Crippen molar-refractivity contribution in [1.29, 1.82) is 0 Å². The molecule has 1 amide bonds. The van der Waals surface area contributed by atoms with Crippen molar-refractivity contribution in [1.82, 2.24) is 5.32 Å². The zero-order valence-electron chi connectivity index (χ0n) is 11.5. The highest BCUT2D eigenvalue weighted by molar-refractivity contribution is 7.89. The average Bonchev–Trinajstić information content (AvgIpc) is 2.42. The van der Waals surface area contributed by atoms with Gasteiger partial charge >= 0.3 is 0 Å². The number of carbonyl (C=O) groups is 1. The second-order valence-corrected chi connectivity index (χ2v) is 6.24. The van der Waals surface area contributed by atoms with E-state index < -0.39 is 10.0 Å². The quantitative estimate of drug-likeness (QED) is 0.672. The minimum absolute atomic E-state index is 0.0572. The van der Waals surface area contributed by atoms with E-state index in [1.807, 2.05) is 6.92 Å². The molecule has 0 heterocycles. The number of hydrogen-bond donors (Lipinski definition) is 3. The van der Waals surface area contributed by atoms with Gasteiger partial charge in [-0.3, -0.25) is 4.79 Å². The lowest BCUT2D eigenvalue weighted by Gasteiger charge is -2.12. The number of benzene rings is 1. The Bertz CT molecular complexity index is 536. The molecule has 0 aliphatic rings. The van der Waals surface area contributed by atoms with Gasteiger partial charge in [-0.05, 0) is 30.2 Å². The SMILES string of the molecule is CCC(CN)CC(=O)NCc1ccc(S(N)(=O)=O)cc1. The predicted molar refractivity (Wildman–Crippen MR) is 77.1 cm³/mol. The van der Waals surface area contributed by atoms with E-state index in [1.54, 1.807) is 12.1 Å². The minimum atomic E-state index is -3.67. The van der Waals surface area contributed by atoms with Crippen LogP contribution in [0.3, 0.4) is 0 Å². The number of nitrogens with two attached hydrogens (primary N) is 2. The Morgan fingerprint density at radius 2 is 1.90 bits per heavy atom. The monoisotopic (exact) mass is 299 g/mol. The van der Waals surface area contributed by atoms with Gasteiger partial charge in [0.1, 0.15) is 0 Å². The van der Waals surface area contributed by atoms with Gasteiger partial charge in [0.15, 0.2) is 0 Å². The predicted octanol–water partition coefficient (Wildman–Crippen LogP) is 0.325. The van der Waals surface area contributed by atoms with E-state index in [0.29, 0.717) is 19.5 Å². The van der Waals surface area contributed by atoms with Crippen LogP contribution in [-0.2, 0) is 21.4 Å². The van der Waals surface area contributed by atoms with Gasteiger partial charge in [0.05, 0.1) is 4.90 Å². The normalized spacial score (nSPS) is 12.9. The maximum absolute atomic E-state index is 11.7. The fourth-order valence-corrected chi connectivity index (χ4v) is 2.24. The standard InChI is InChI=1S/C13H21N3O3S/c1-2-10(8-14)7-13(17)16-9-11-3-5-12(6-4-11)20(15,18)19/h3-6,10H,2,7-9,14H2,1H3,(H,16,17)(H2,15,18,19). The molecule has 1 aromatic rings. The summed E-state index contributed by atoms with van der Waals surface area (Å²) in [5, 5.41) is 7.79. The summed E-state index contributed by atoms with van der Waals surface area (Å²) >= 11 is 0. The fraction of sp³-hybridized carbons (Fsp3) is 0.462. The van der Waals surface area contributed by atoms with Crippen LogP contribution in [0, 0.1) is 5.92 Å². The molecule has 1 aromatic carbocycles. The number of rotatable bonds is 7. The van der Waals surface area contributed by atoms with E-state index in [0.717, 1.165) is 12.0 Å². The van der Waals surface area contributed by atoms with Crippen molar-refractivity contribution < 1.29 is 13.2 Å². The van der Waals surface area contributed by atoms with Gasteiger partial charge in [0.25, 0.3) is 0 Å². The van der Waals surface area contributed by atoms with E-state index in [-0.39, 0.29) is 16.7 Å². The molecule has 0 fully saturated rings. The molecule has 1 atom stereocenters. The van der Waals surface area contributed by atoms with Crippen LogP contribution in [0.25, 0.3) is 0 Å². The van der Waals surface area contributed by atoms with E-state index in [4.69, 9.17) is 10.9 Å². The number of primary sulfonamides is 1. The van der Waals surface area contributed by atoms with Crippen molar-refractivity contribution in [2.45, 2.75) is 31.2 Å². The number of sulfonamides is 1. The smallest absolute Gasteiger partial charge is 0.238 e. The van der Waals surface area contributed by atoms with Gasteiger partial charge in [-0.1, -0.05) is 25.5 Å². The molecule has 0 spiro atoms. The lowest BCUT2D eigenvalue weighted by atomic mass is 10.0. The third-order valence-electron chi connectivity index (χ3n) is 3.13. The topological polar surface area (TPSA) is 115 Å². The first-order valence-corrected chi connectivity index (χ1v) is 8.00. The average molecular weight is 299 g/mol. The summed E-state index contributed by atoms with van der Waals surface area (Å²) in [5.41, 5.74) is 6.36. The molecule has 0 saturated carbocycles. The summed E-state index contributed by atoms with van der Waals surface area (Å²) in [6.45, 7) is 2.84. The van der Waals surface area contributed by atoms with E-state index in [1.165, 1.54) is 12.1 Å². The van der Waals surface area contributed by atoms with Crippen molar-refractivity contribution in [3.63, 3.8) is 0 Å². The molecule has 5 N–H and O–H groups in total. The second kappa shape index (κ2) is 7.37. The molecule has 0 aliphatic heterocycles. The Morgan fingerprint density at radius 1 is 1.30 bits per heavy atom. The number of nitrogens with one attached hydrogen (secondary N) is 1. The summed E-state index contributed by atoms with van der Waals surface area (Å²) in [4.78, 5) is 11.7. The van der Waals surface area contributed by atoms with Crippen LogP contribution in [0.2, 0.25) is 0 Å². The molecule has 0 saturated heterocycles. The summed E-state index contributed by atoms with van der Waals surface area (Å²) < 4.78 is 22.2. The fourth-order valence-electron chi connectivity index (χ4n) is 1.73. The van der Waals surface area contributed by atoms with Crippen molar-refractivity contribution >= 4 is 15.9 Å². The molecule has 1 rings (SSSR count). The summed E-state index contributed by atoms with van der Waals surface area (Å²) in [6, 6.07) is 6.09. The lowest BCUT2D eigenvalue weighted by molar-refractivity contribution is -0.122. The van der Waals surface area contributed by atoms with Crippen LogP contribution in [0.15, 0.2) is 29.2 Å². The molecular weight excluding hydrogens is 278 g/mol. The molecule has 7 heteroatoms. The van der Waals surface area contributed by atoms with Gasteiger partial charge in [-0.2, -0.15) is 0 Å². The number of hydrogen-bond acceptors (Lipinski definition) is 4. The Hall–Kier alpha value is -1.44. The first-order chi connectivity index (χ1) is 9.36. The number of amides is 1. The molecule has 0 aromatic heterocycles. The van der Waals surface area contributed by atoms with Gasteiger partial charge in [-0.25, -0.2) is 13.6 Å². The van der Waals surface area contributed by atoms with E-state index >= 15 is 0 Å². The zero-order chi connectivity index (χ0) is 15.2. The first-order valence-electron chi connectivity index (χ1n) is 6.45. The summed E-state index contributed by atoms with van der Waals surface area (Å²) in [5.74, 6) is 0.137. The third kappa shape index (κ3) is 5.28. The molecule has 112 valence electrons. The maximum Gasteiger partial charge on any atom is 0.238 e. The van der Waals surface area contributed by atoms with Gasteiger partial charge in [-0.15, -0.1) is 0 Å². The van der Waals surface area contributed by atoms with Crippen LogP contribution >= 0.6 is 0 Å². The Balaban J connectivity index is 2.52. The van der Waals surface area contributed by atoms with E-state index in [9.17, 15) is 13.2 Å². The Morgan fingerprint density at radius 3 is 2.35 bits per heavy atom. The van der Waals surface area contributed by atoms with Gasteiger partial charge < -0.3 is 11.1 Å². The molecular formula is C13H21N3O3S. The van der Waals surface area contributed by atoms with Crippen molar-refractivity contribution in [2.24, 2.45) is 16.8 Å². The van der Waals surface area contributed by atoms with Crippen LogP contribution < -0.4 is 16.2 Å². The lowest BCUT2D eigenvalue weighted by Crippen LogP contribution is -2.27. The molecule has 0 aliphatic carbocycles. The zero-order valence-corrected chi connectivity index (χ0v) is 12.3. The van der Waals surface area contributed by atoms with Crippen LogP contribution in [0.1, 0.15) is 25.3 Å². The highest BCUT2D eigenvalue weighted by Crippen LogP contribution is 2.09. The molecule has 6 nitrogen and oxygen atoms in total. The van der Waals surface area contributed by atoms with Crippen LogP contribution in [0.4, 0.5) is 0 Å². The molecule has 0 bridgehead atoms. The third-order valence-corrected chi connectivity index (χ3v) is 4.06. The van der Waals surface area contributed by atoms with Crippen molar-refractivity contribution in [3.05, 3.63) is 29.8 Å². The second-order valence-electron chi connectivity index (χ2n) is 4.68. The summed E-state index contributed by atoms with van der Waals surface area (Å²) in [6.07, 6.45) is 1.27. The van der Waals surface area contributed by atoms with Crippen molar-refractivity contribution in [3.8, 4) is 0 Å². The number of carbonyl (C=O) groups excluding carboxylic acids is 1. The Kier molecular flexibility index (Phi) is 6.12. The van der Waals surface area contributed by atoms with Crippen LogP contribution in [0.5, 0.6) is 0 Å².